The molecule has 3 fully saturated rings. The van der Waals surface area contributed by atoms with Crippen LogP contribution in [0, 0.1) is 12.3 Å². The molecule has 0 radical (unpaired) electrons. The van der Waals surface area contributed by atoms with Gasteiger partial charge in [-0.05, 0) is 33.1 Å². The molecule has 29 heavy (non-hydrogen) atoms. The van der Waals surface area contributed by atoms with E-state index >= 15 is 0 Å². The van der Waals surface area contributed by atoms with Crippen LogP contribution in [0.3, 0.4) is 0 Å². The molecule has 5 rings (SSSR count). The van der Waals surface area contributed by atoms with Crippen molar-refractivity contribution in [2.24, 2.45) is 0 Å². The van der Waals surface area contributed by atoms with Crippen LogP contribution in [0.5, 0.6) is 0 Å². The lowest BCUT2D eigenvalue weighted by atomic mass is 10.1. The van der Waals surface area contributed by atoms with Gasteiger partial charge in [0, 0.05) is 13.2 Å². The van der Waals surface area contributed by atoms with E-state index in [1.165, 1.54) is 6.33 Å². The normalized spacial score (nSPS) is 35.7. The van der Waals surface area contributed by atoms with E-state index in [9.17, 15) is 0 Å². The van der Waals surface area contributed by atoms with Crippen LogP contribution in [0.15, 0.2) is 12.7 Å². The van der Waals surface area contributed by atoms with Crippen LogP contribution in [0.25, 0.3) is 11.2 Å². The van der Waals surface area contributed by atoms with Gasteiger partial charge in [-0.1, -0.05) is 5.92 Å². The van der Waals surface area contributed by atoms with Crippen molar-refractivity contribution in [1.82, 2.24) is 19.5 Å². The lowest BCUT2D eigenvalue weighted by Crippen LogP contribution is -2.28. The molecule has 1 saturated carbocycles. The van der Waals surface area contributed by atoms with Crippen molar-refractivity contribution < 1.29 is 18.9 Å². The SMILES string of the molecule is C#C[C@H]1O[C@@H](n2cnc3c(NC4CCC(OC)C4)ncnc32)[C@H]2OC(C)(C)O[C@@H]21. The molecule has 0 spiro atoms. The van der Waals surface area contributed by atoms with Crippen molar-refractivity contribution in [2.45, 2.75) is 75.6 Å². The van der Waals surface area contributed by atoms with Crippen molar-refractivity contribution >= 4 is 17.0 Å². The molecular formula is C20H25N5O4. The first-order valence-electron chi connectivity index (χ1n) is 9.93. The minimum absolute atomic E-state index is 0.287. The fraction of sp³-hybridized carbons (Fsp3) is 0.650. The van der Waals surface area contributed by atoms with E-state index in [1.54, 1.807) is 13.4 Å². The third kappa shape index (κ3) is 3.16. The summed E-state index contributed by atoms with van der Waals surface area (Å²) in [6.07, 6.45) is 10.6. The topological polar surface area (TPSA) is 92.6 Å². The van der Waals surface area contributed by atoms with Gasteiger partial charge in [-0.2, -0.15) is 0 Å². The van der Waals surface area contributed by atoms with Crippen LogP contribution >= 0.6 is 0 Å². The molecule has 6 atom stereocenters. The Morgan fingerprint density at radius 3 is 2.83 bits per heavy atom. The molecule has 4 heterocycles. The molecule has 0 aromatic carbocycles. The number of nitrogens with zero attached hydrogens (tertiary/aromatic N) is 4. The number of nitrogens with one attached hydrogen (secondary N) is 1. The van der Waals surface area contributed by atoms with E-state index in [2.05, 4.69) is 26.2 Å². The van der Waals surface area contributed by atoms with Crippen LogP contribution < -0.4 is 5.32 Å². The summed E-state index contributed by atoms with van der Waals surface area (Å²) in [6, 6.07) is 0.300. The summed E-state index contributed by atoms with van der Waals surface area (Å²) in [6.45, 7) is 3.75. The van der Waals surface area contributed by atoms with Crippen LogP contribution in [0.4, 0.5) is 5.82 Å². The van der Waals surface area contributed by atoms with Gasteiger partial charge in [0.15, 0.2) is 29.0 Å². The number of methoxy groups -OCH3 is 1. The number of aromatic nitrogens is 4. The summed E-state index contributed by atoms with van der Waals surface area (Å²) in [5.41, 5.74) is 1.36. The van der Waals surface area contributed by atoms with Crippen molar-refractivity contribution in [3.8, 4) is 12.3 Å². The predicted molar refractivity (Wildman–Crippen MR) is 104 cm³/mol. The standard InChI is InChI=1S/C20H25N5O4/c1-5-13-15-16(29-20(2,3)28-15)19(27-13)25-10-23-14-17(21-9-22-18(14)25)24-11-6-7-12(8-11)26-4/h1,9-13,15-16,19H,6-8H2,2-4H3,(H,21,22,24)/t11?,12?,13-,15-,16+,19-/m1/s1. The first kappa shape index (κ1) is 18.8. The molecule has 154 valence electrons. The van der Waals surface area contributed by atoms with Gasteiger partial charge in [-0.3, -0.25) is 4.57 Å². The lowest BCUT2D eigenvalue weighted by Gasteiger charge is -2.23. The predicted octanol–water partition coefficient (Wildman–Crippen LogP) is 1.86. The maximum atomic E-state index is 6.09. The minimum atomic E-state index is -0.717. The van der Waals surface area contributed by atoms with Gasteiger partial charge in [0.1, 0.15) is 24.6 Å². The highest BCUT2D eigenvalue weighted by atomic mass is 16.8. The number of imidazole rings is 1. The van der Waals surface area contributed by atoms with Gasteiger partial charge in [-0.15, -0.1) is 6.42 Å². The monoisotopic (exact) mass is 399 g/mol. The summed E-state index contributed by atoms with van der Waals surface area (Å²) >= 11 is 0. The Morgan fingerprint density at radius 1 is 1.24 bits per heavy atom. The van der Waals surface area contributed by atoms with E-state index < -0.39 is 18.1 Å². The lowest BCUT2D eigenvalue weighted by molar-refractivity contribution is -0.190. The van der Waals surface area contributed by atoms with E-state index in [-0.39, 0.29) is 18.3 Å². The highest BCUT2D eigenvalue weighted by molar-refractivity contribution is 5.82. The summed E-state index contributed by atoms with van der Waals surface area (Å²) in [5, 5.41) is 3.50. The van der Waals surface area contributed by atoms with E-state index in [1.807, 2.05) is 18.4 Å². The Hall–Kier alpha value is -2.25. The summed E-state index contributed by atoms with van der Waals surface area (Å²) < 4.78 is 25.4. The van der Waals surface area contributed by atoms with E-state index in [4.69, 9.17) is 25.4 Å². The number of hydrogen-bond donors (Lipinski definition) is 1. The van der Waals surface area contributed by atoms with Gasteiger partial charge >= 0.3 is 0 Å². The van der Waals surface area contributed by atoms with Gasteiger partial charge in [0.25, 0.3) is 0 Å². The van der Waals surface area contributed by atoms with Crippen LogP contribution in [-0.4, -0.2) is 62.9 Å². The second-order valence-corrected chi connectivity index (χ2v) is 8.24. The summed E-state index contributed by atoms with van der Waals surface area (Å²) in [7, 11) is 1.76. The number of rotatable bonds is 4. The maximum absolute atomic E-state index is 6.09. The van der Waals surface area contributed by atoms with E-state index in [0.717, 1.165) is 19.3 Å². The molecule has 9 heteroatoms. The fourth-order valence-electron chi connectivity index (χ4n) is 4.56. The first-order valence-corrected chi connectivity index (χ1v) is 9.93. The summed E-state index contributed by atoms with van der Waals surface area (Å²) in [4.78, 5) is 13.4. The minimum Gasteiger partial charge on any atom is -0.381 e. The average molecular weight is 399 g/mol. The van der Waals surface area contributed by atoms with Gasteiger partial charge < -0.3 is 24.3 Å². The van der Waals surface area contributed by atoms with Gasteiger partial charge in [0.05, 0.1) is 12.4 Å². The smallest absolute Gasteiger partial charge is 0.167 e. The second kappa shape index (κ2) is 6.92. The zero-order valence-electron chi connectivity index (χ0n) is 16.7. The Morgan fingerprint density at radius 2 is 2.07 bits per heavy atom. The first-order chi connectivity index (χ1) is 14.0. The molecule has 2 aliphatic heterocycles. The zero-order chi connectivity index (χ0) is 20.2. The number of anilines is 1. The van der Waals surface area contributed by atoms with Gasteiger partial charge in [-0.25, -0.2) is 15.0 Å². The van der Waals surface area contributed by atoms with Crippen LogP contribution in [-0.2, 0) is 18.9 Å². The number of ether oxygens (including phenoxy) is 4. The molecule has 2 aromatic rings. The zero-order valence-corrected chi connectivity index (χ0v) is 16.7. The van der Waals surface area contributed by atoms with Crippen LogP contribution in [0.1, 0.15) is 39.3 Å². The molecule has 2 aromatic heterocycles. The third-order valence-electron chi connectivity index (χ3n) is 5.88. The van der Waals surface area contributed by atoms with E-state index in [0.29, 0.717) is 23.0 Å². The quantitative estimate of drug-likeness (QED) is 0.779. The molecule has 0 amide bonds. The highest BCUT2D eigenvalue weighted by Gasteiger charge is 2.55. The number of hydrogen-bond acceptors (Lipinski definition) is 8. The number of terminal acetylenes is 1. The molecule has 1 N–H and O–H groups in total. The molecule has 2 unspecified atom stereocenters. The Bertz CT molecular complexity index is 954. The van der Waals surface area contributed by atoms with Crippen molar-refractivity contribution in [2.75, 3.05) is 12.4 Å². The van der Waals surface area contributed by atoms with Crippen LogP contribution in [0.2, 0.25) is 0 Å². The largest absolute Gasteiger partial charge is 0.381 e. The molecule has 3 aliphatic rings. The molecule has 9 nitrogen and oxygen atoms in total. The van der Waals surface area contributed by atoms with Crippen molar-refractivity contribution in [1.29, 1.82) is 0 Å². The maximum Gasteiger partial charge on any atom is 0.167 e. The van der Waals surface area contributed by atoms with Crippen molar-refractivity contribution in [3.63, 3.8) is 0 Å². The molecule has 1 aliphatic carbocycles. The average Bonchev–Trinajstić information content (AvgIpc) is 3.44. The Labute approximate surface area is 169 Å². The second-order valence-electron chi connectivity index (χ2n) is 8.24. The third-order valence-corrected chi connectivity index (χ3v) is 5.88. The van der Waals surface area contributed by atoms with Gasteiger partial charge in [0.2, 0.25) is 0 Å². The van der Waals surface area contributed by atoms with Crippen molar-refractivity contribution in [3.05, 3.63) is 12.7 Å². The molecule has 2 saturated heterocycles. The molecular weight excluding hydrogens is 374 g/mol. The summed E-state index contributed by atoms with van der Waals surface area (Å²) in [5.74, 6) is 2.66. The Balaban J connectivity index is 1.44. The fourth-order valence-corrected chi connectivity index (χ4v) is 4.56. The number of fused-ring (bicyclic) bond motifs is 2. The Kier molecular flexibility index (Phi) is 4.47. The highest BCUT2D eigenvalue weighted by Crippen LogP contribution is 2.43. The molecule has 0 bridgehead atoms.